The molecule has 24 heavy (non-hydrogen) atoms. The minimum absolute atomic E-state index is 0.0454. The Kier molecular flexibility index (Phi) is 6.21. The first-order valence-corrected chi connectivity index (χ1v) is 7.94. The summed E-state index contributed by atoms with van der Waals surface area (Å²) < 4.78 is 5.16. The number of amides is 1. The van der Waals surface area contributed by atoms with Crippen LogP contribution in [0.2, 0.25) is 0 Å². The third kappa shape index (κ3) is 4.99. The highest BCUT2D eigenvalue weighted by atomic mass is 16.5. The van der Waals surface area contributed by atoms with E-state index in [0.717, 1.165) is 29.2 Å². The van der Waals surface area contributed by atoms with Crippen molar-refractivity contribution in [3.63, 3.8) is 0 Å². The zero-order valence-electron chi connectivity index (χ0n) is 14.7. The summed E-state index contributed by atoms with van der Waals surface area (Å²) in [6.45, 7) is 3.45. The summed E-state index contributed by atoms with van der Waals surface area (Å²) in [6, 6.07) is 13.4. The maximum Gasteiger partial charge on any atom is 0.251 e. The molecular formula is C19H25N3O2. The van der Waals surface area contributed by atoms with Gasteiger partial charge < -0.3 is 20.3 Å². The average Bonchev–Trinajstić information content (AvgIpc) is 2.57. The van der Waals surface area contributed by atoms with Crippen molar-refractivity contribution in [1.29, 1.82) is 0 Å². The lowest BCUT2D eigenvalue weighted by atomic mass is 10.1. The molecule has 0 aromatic heterocycles. The smallest absolute Gasteiger partial charge is 0.251 e. The van der Waals surface area contributed by atoms with Gasteiger partial charge in [0, 0.05) is 30.0 Å². The van der Waals surface area contributed by atoms with Crippen LogP contribution in [-0.2, 0) is 0 Å². The molecule has 0 heterocycles. The number of carbonyl (C=O) groups is 1. The molecule has 0 spiro atoms. The van der Waals surface area contributed by atoms with Crippen LogP contribution in [0.5, 0.6) is 5.75 Å². The Morgan fingerprint density at radius 3 is 2.42 bits per heavy atom. The van der Waals surface area contributed by atoms with Gasteiger partial charge >= 0.3 is 0 Å². The molecule has 0 unspecified atom stereocenters. The van der Waals surface area contributed by atoms with E-state index in [1.807, 2.05) is 68.4 Å². The molecule has 0 aliphatic carbocycles. The number of nitrogens with one attached hydrogen (secondary N) is 2. The summed E-state index contributed by atoms with van der Waals surface area (Å²) in [5.41, 5.74) is 3.64. The summed E-state index contributed by atoms with van der Waals surface area (Å²) >= 11 is 0. The quantitative estimate of drug-likeness (QED) is 0.821. The van der Waals surface area contributed by atoms with Crippen LogP contribution in [0, 0.1) is 6.92 Å². The molecule has 5 heteroatoms. The largest absolute Gasteiger partial charge is 0.497 e. The van der Waals surface area contributed by atoms with Crippen molar-refractivity contribution < 1.29 is 9.53 Å². The summed E-state index contributed by atoms with van der Waals surface area (Å²) in [6.07, 6.45) is 0. The predicted octanol–water partition coefficient (Wildman–Crippen LogP) is 3.04. The molecule has 0 atom stereocenters. The Morgan fingerprint density at radius 2 is 1.83 bits per heavy atom. The number of carbonyl (C=O) groups excluding carboxylic acids is 1. The molecule has 2 aromatic rings. The normalized spacial score (nSPS) is 10.5. The molecule has 5 nitrogen and oxygen atoms in total. The van der Waals surface area contributed by atoms with Crippen LogP contribution in [0.1, 0.15) is 15.9 Å². The van der Waals surface area contributed by atoms with Crippen LogP contribution < -0.4 is 15.4 Å². The number of aryl methyl sites for hydroxylation is 1. The zero-order valence-corrected chi connectivity index (χ0v) is 14.7. The van der Waals surface area contributed by atoms with Crippen molar-refractivity contribution in [3.05, 3.63) is 53.6 Å². The second-order valence-electron chi connectivity index (χ2n) is 5.94. The van der Waals surface area contributed by atoms with Gasteiger partial charge in [0.2, 0.25) is 0 Å². The Morgan fingerprint density at radius 1 is 1.12 bits per heavy atom. The topological polar surface area (TPSA) is 53.6 Å². The highest BCUT2D eigenvalue weighted by Crippen LogP contribution is 2.23. The third-order valence-corrected chi connectivity index (χ3v) is 3.70. The number of hydrogen-bond donors (Lipinski definition) is 2. The summed E-state index contributed by atoms with van der Waals surface area (Å²) in [7, 11) is 5.61. The van der Waals surface area contributed by atoms with Gasteiger partial charge in [0.1, 0.15) is 5.75 Å². The number of methoxy groups -OCH3 is 1. The van der Waals surface area contributed by atoms with Crippen molar-refractivity contribution in [2.45, 2.75) is 6.92 Å². The van der Waals surface area contributed by atoms with Gasteiger partial charge in [0.25, 0.3) is 5.91 Å². The van der Waals surface area contributed by atoms with Gasteiger partial charge in [-0.2, -0.15) is 0 Å². The Hall–Kier alpha value is -2.53. The second kappa shape index (κ2) is 8.36. The van der Waals surface area contributed by atoms with E-state index in [-0.39, 0.29) is 5.91 Å². The Balaban J connectivity index is 2.01. The first-order chi connectivity index (χ1) is 11.5. The van der Waals surface area contributed by atoms with E-state index in [1.54, 1.807) is 7.11 Å². The highest BCUT2D eigenvalue weighted by Gasteiger charge is 2.08. The molecule has 0 saturated heterocycles. The van der Waals surface area contributed by atoms with Crippen LogP contribution in [-0.4, -0.2) is 45.1 Å². The average molecular weight is 327 g/mol. The lowest BCUT2D eigenvalue weighted by Crippen LogP contribution is -2.31. The van der Waals surface area contributed by atoms with Crippen molar-refractivity contribution in [3.8, 4) is 5.75 Å². The molecular weight excluding hydrogens is 302 g/mol. The van der Waals surface area contributed by atoms with Crippen LogP contribution in [0.25, 0.3) is 0 Å². The Bertz CT molecular complexity index is 682. The molecule has 0 aliphatic rings. The molecule has 0 bridgehead atoms. The van der Waals surface area contributed by atoms with E-state index in [4.69, 9.17) is 4.74 Å². The molecule has 1 amide bonds. The van der Waals surface area contributed by atoms with E-state index in [1.165, 1.54) is 0 Å². The van der Waals surface area contributed by atoms with E-state index in [0.29, 0.717) is 12.1 Å². The zero-order chi connectivity index (χ0) is 17.5. The van der Waals surface area contributed by atoms with Gasteiger partial charge in [-0.05, 0) is 69.0 Å². The SMILES string of the molecule is COc1ccc(Nc2ccc(C(=O)NCCN(C)C)cc2C)cc1. The van der Waals surface area contributed by atoms with E-state index < -0.39 is 0 Å². The number of benzene rings is 2. The Labute approximate surface area is 143 Å². The van der Waals surface area contributed by atoms with Gasteiger partial charge in [0.05, 0.1) is 7.11 Å². The fourth-order valence-corrected chi connectivity index (χ4v) is 2.27. The van der Waals surface area contributed by atoms with Crippen LogP contribution >= 0.6 is 0 Å². The monoisotopic (exact) mass is 327 g/mol. The van der Waals surface area contributed by atoms with Crippen LogP contribution in [0.15, 0.2) is 42.5 Å². The number of nitrogens with zero attached hydrogens (tertiary/aromatic N) is 1. The maximum absolute atomic E-state index is 12.2. The molecule has 2 N–H and O–H groups in total. The van der Waals surface area contributed by atoms with E-state index in [9.17, 15) is 4.79 Å². The molecule has 2 rings (SSSR count). The lowest BCUT2D eigenvalue weighted by molar-refractivity contribution is 0.0951. The number of likely N-dealkylation sites (N-methyl/N-ethyl adjacent to an activating group) is 1. The van der Waals surface area contributed by atoms with Crippen LogP contribution in [0.3, 0.4) is 0 Å². The highest BCUT2D eigenvalue weighted by molar-refractivity contribution is 5.95. The van der Waals surface area contributed by atoms with Gasteiger partial charge in [-0.25, -0.2) is 0 Å². The molecule has 0 fully saturated rings. The fraction of sp³-hybridized carbons (Fsp3) is 0.316. The maximum atomic E-state index is 12.2. The summed E-state index contributed by atoms with van der Waals surface area (Å²) in [5.74, 6) is 0.776. The number of hydrogen-bond acceptors (Lipinski definition) is 4. The minimum atomic E-state index is -0.0454. The predicted molar refractivity (Wildman–Crippen MR) is 98.3 cm³/mol. The van der Waals surface area contributed by atoms with Crippen molar-refractivity contribution in [2.75, 3.05) is 39.6 Å². The molecule has 2 aromatic carbocycles. The lowest BCUT2D eigenvalue weighted by Gasteiger charge is -2.13. The van der Waals surface area contributed by atoms with E-state index in [2.05, 4.69) is 10.6 Å². The molecule has 0 aliphatic heterocycles. The van der Waals surface area contributed by atoms with E-state index >= 15 is 0 Å². The van der Waals surface area contributed by atoms with Crippen molar-refractivity contribution in [1.82, 2.24) is 10.2 Å². The minimum Gasteiger partial charge on any atom is -0.497 e. The molecule has 128 valence electrons. The van der Waals surface area contributed by atoms with Gasteiger partial charge in [-0.1, -0.05) is 0 Å². The first-order valence-electron chi connectivity index (χ1n) is 7.94. The summed E-state index contributed by atoms with van der Waals surface area (Å²) in [5, 5.41) is 6.28. The standard InChI is InChI=1S/C19H25N3O2/c1-14-13-15(19(23)20-11-12-22(2)3)5-10-18(14)21-16-6-8-17(24-4)9-7-16/h5-10,13,21H,11-12H2,1-4H3,(H,20,23). The fourth-order valence-electron chi connectivity index (χ4n) is 2.27. The van der Waals surface area contributed by atoms with Crippen LogP contribution in [0.4, 0.5) is 11.4 Å². The van der Waals surface area contributed by atoms with Crippen molar-refractivity contribution >= 4 is 17.3 Å². The van der Waals surface area contributed by atoms with Gasteiger partial charge in [0.15, 0.2) is 0 Å². The first kappa shape index (κ1) is 17.8. The molecule has 0 saturated carbocycles. The third-order valence-electron chi connectivity index (χ3n) is 3.70. The van der Waals surface area contributed by atoms with Crippen molar-refractivity contribution in [2.24, 2.45) is 0 Å². The number of rotatable bonds is 7. The van der Waals surface area contributed by atoms with Gasteiger partial charge in [-0.3, -0.25) is 4.79 Å². The summed E-state index contributed by atoms with van der Waals surface area (Å²) in [4.78, 5) is 14.2. The molecule has 0 radical (unpaired) electrons. The van der Waals surface area contributed by atoms with Gasteiger partial charge in [-0.15, -0.1) is 0 Å². The number of anilines is 2. The number of ether oxygens (including phenoxy) is 1. The second-order valence-corrected chi connectivity index (χ2v) is 5.94.